The molecule has 4 aromatic rings. The van der Waals surface area contributed by atoms with E-state index in [1.165, 1.54) is 11.1 Å². The minimum absolute atomic E-state index is 0.0355. The fraction of sp³-hybridized carbons (Fsp3) is 0.211. The van der Waals surface area contributed by atoms with Crippen molar-refractivity contribution in [2.75, 3.05) is 9.80 Å². The number of carbonyl (C=O) groups excluding carboxylic acids is 2. The van der Waals surface area contributed by atoms with Crippen molar-refractivity contribution in [3.63, 3.8) is 0 Å². The van der Waals surface area contributed by atoms with Crippen LogP contribution in [0.1, 0.15) is 63.8 Å². The molecule has 0 aliphatic carbocycles. The number of rotatable bonds is 4. The first-order valence-corrected chi connectivity index (χ1v) is 16.2. The molecule has 2 aliphatic rings. The van der Waals surface area contributed by atoms with Crippen LogP contribution in [0.3, 0.4) is 0 Å². The van der Waals surface area contributed by atoms with Crippen molar-refractivity contribution in [2.24, 2.45) is 0 Å². The molecule has 0 aromatic heterocycles. The maximum atomic E-state index is 14.7. The molecule has 0 fully saturated rings. The van der Waals surface area contributed by atoms with Crippen molar-refractivity contribution in [3.05, 3.63) is 139 Å². The Kier molecular flexibility index (Phi) is 7.58. The third-order valence-corrected chi connectivity index (χ3v) is 9.28. The fourth-order valence-corrected chi connectivity index (χ4v) is 6.31. The Bertz CT molecular complexity index is 1700. The molecule has 6 rings (SSSR count). The number of hydrogen-bond donors (Lipinski definition) is 0. The van der Waals surface area contributed by atoms with Gasteiger partial charge in [0, 0.05) is 20.3 Å². The molecular formula is C38H34Br2N2O2. The van der Waals surface area contributed by atoms with Crippen LogP contribution in [0.25, 0.3) is 11.4 Å². The van der Waals surface area contributed by atoms with Crippen LogP contribution in [0.2, 0.25) is 0 Å². The number of fused-ring (bicyclic) bond motifs is 1. The topological polar surface area (TPSA) is 40.6 Å². The molecule has 2 heterocycles. The van der Waals surface area contributed by atoms with E-state index in [1.54, 1.807) is 9.80 Å². The average molecular weight is 711 g/mol. The summed E-state index contributed by atoms with van der Waals surface area (Å²) >= 11 is 7.05. The highest BCUT2D eigenvalue weighted by Crippen LogP contribution is 2.50. The molecule has 0 unspecified atom stereocenters. The lowest BCUT2D eigenvalue weighted by Gasteiger charge is -2.26. The number of benzene rings is 4. The van der Waals surface area contributed by atoms with Gasteiger partial charge in [0.05, 0.1) is 22.5 Å². The lowest BCUT2D eigenvalue weighted by molar-refractivity contribution is -0.115. The number of amides is 2. The van der Waals surface area contributed by atoms with Gasteiger partial charge in [0.25, 0.3) is 11.8 Å². The summed E-state index contributed by atoms with van der Waals surface area (Å²) in [6.45, 7) is 13.0. The number of nitrogens with zero attached hydrogens (tertiary/aromatic N) is 2. The first kappa shape index (κ1) is 30.3. The maximum Gasteiger partial charge on any atom is 0.265 e. The molecule has 0 atom stereocenters. The van der Waals surface area contributed by atoms with Gasteiger partial charge in [-0.05, 0) is 81.6 Å². The molecule has 0 spiro atoms. The third-order valence-electron chi connectivity index (χ3n) is 8.22. The van der Waals surface area contributed by atoms with Crippen molar-refractivity contribution in [3.8, 4) is 0 Å². The van der Waals surface area contributed by atoms with Gasteiger partial charge in [-0.1, -0.05) is 122 Å². The Morgan fingerprint density at radius 1 is 0.455 bits per heavy atom. The first-order valence-electron chi connectivity index (χ1n) is 14.7. The van der Waals surface area contributed by atoms with E-state index in [9.17, 15) is 9.59 Å². The second-order valence-corrected chi connectivity index (χ2v) is 15.2. The van der Waals surface area contributed by atoms with E-state index in [2.05, 4.69) is 97.7 Å². The molecule has 0 saturated carbocycles. The van der Waals surface area contributed by atoms with Crippen molar-refractivity contribution in [1.29, 1.82) is 0 Å². The summed E-state index contributed by atoms with van der Waals surface area (Å²) in [7, 11) is 0. The number of halogens is 2. The molecule has 6 heteroatoms. The lowest BCUT2D eigenvalue weighted by Crippen LogP contribution is -2.29. The average Bonchev–Trinajstić information content (AvgIpc) is 3.44. The first-order chi connectivity index (χ1) is 20.8. The molecule has 0 saturated heterocycles. The van der Waals surface area contributed by atoms with Gasteiger partial charge < -0.3 is 0 Å². The van der Waals surface area contributed by atoms with Crippen LogP contribution in [-0.2, 0) is 20.4 Å². The Hall–Kier alpha value is -3.74. The Labute approximate surface area is 276 Å². The predicted octanol–water partition coefficient (Wildman–Crippen LogP) is 10.0. The van der Waals surface area contributed by atoms with E-state index in [0.717, 1.165) is 20.1 Å². The highest BCUT2D eigenvalue weighted by molar-refractivity contribution is 9.10. The standard InChI is InChI=1S/C38H34Br2N2O2/c1-37(2,3)25-11-7-23(8-12-25)33-31-32(36(44)41(33)29-19-15-27(39)16-20-29)34(24-9-13-26(14-10-24)38(4,5)6)42(35(31)43)30-21-17-28(40)18-22-30/h7-22H,1-6H3. The van der Waals surface area contributed by atoms with Gasteiger partial charge in [0.1, 0.15) is 0 Å². The minimum atomic E-state index is -0.222. The van der Waals surface area contributed by atoms with Gasteiger partial charge in [-0.3, -0.25) is 19.4 Å². The molecule has 0 radical (unpaired) electrons. The molecule has 4 nitrogen and oxygen atoms in total. The van der Waals surface area contributed by atoms with Crippen molar-refractivity contribution < 1.29 is 9.59 Å². The van der Waals surface area contributed by atoms with E-state index < -0.39 is 0 Å². The van der Waals surface area contributed by atoms with E-state index in [4.69, 9.17) is 0 Å². The van der Waals surface area contributed by atoms with Gasteiger partial charge in [-0.25, -0.2) is 0 Å². The summed E-state index contributed by atoms with van der Waals surface area (Å²) in [5.74, 6) is -0.444. The lowest BCUT2D eigenvalue weighted by atomic mass is 9.86. The number of anilines is 2. The summed E-state index contributed by atoms with van der Waals surface area (Å²) in [5, 5.41) is 0. The normalized spacial score (nSPS) is 15.5. The van der Waals surface area contributed by atoms with Gasteiger partial charge in [-0.2, -0.15) is 0 Å². The Morgan fingerprint density at radius 2 is 0.750 bits per heavy atom. The molecule has 44 heavy (non-hydrogen) atoms. The third kappa shape index (κ3) is 5.28. The molecule has 4 aromatic carbocycles. The molecular weight excluding hydrogens is 676 g/mol. The van der Waals surface area contributed by atoms with Gasteiger partial charge >= 0.3 is 0 Å². The molecule has 0 bridgehead atoms. The minimum Gasteiger partial charge on any atom is -0.275 e. The summed E-state index contributed by atoms with van der Waals surface area (Å²) in [4.78, 5) is 32.8. The Balaban J connectivity index is 1.64. The van der Waals surface area contributed by atoms with E-state index in [-0.39, 0.29) is 22.6 Å². The van der Waals surface area contributed by atoms with Crippen LogP contribution in [0.5, 0.6) is 0 Å². The summed E-state index contributed by atoms with van der Waals surface area (Å²) in [6.07, 6.45) is 0. The van der Waals surface area contributed by atoms with Crippen LogP contribution in [0.4, 0.5) is 11.4 Å². The molecule has 2 amide bonds. The van der Waals surface area contributed by atoms with Crippen LogP contribution >= 0.6 is 31.9 Å². The number of hydrogen-bond acceptors (Lipinski definition) is 2. The van der Waals surface area contributed by atoms with E-state index in [0.29, 0.717) is 33.9 Å². The highest BCUT2D eigenvalue weighted by Gasteiger charge is 2.50. The fourth-order valence-electron chi connectivity index (χ4n) is 5.78. The van der Waals surface area contributed by atoms with Gasteiger partial charge in [0.2, 0.25) is 0 Å². The summed E-state index contributed by atoms with van der Waals surface area (Å²) in [5.41, 5.74) is 7.34. The predicted molar refractivity (Wildman–Crippen MR) is 187 cm³/mol. The van der Waals surface area contributed by atoms with E-state index >= 15 is 0 Å². The monoisotopic (exact) mass is 708 g/mol. The van der Waals surface area contributed by atoms with Crippen LogP contribution in [0, 0.1) is 0 Å². The van der Waals surface area contributed by atoms with Crippen LogP contribution < -0.4 is 9.80 Å². The zero-order valence-corrected chi connectivity index (χ0v) is 28.9. The maximum absolute atomic E-state index is 14.7. The zero-order chi connectivity index (χ0) is 31.6. The second kappa shape index (κ2) is 11.0. The molecule has 222 valence electrons. The van der Waals surface area contributed by atoms with Crippen molar-refractivity contribution >= 4 is 66.4 Å². The molecule has 0 N–H and O–H groups in total. The molecule has 2 aliphatic heterocycles. The SMILES string of the molecule is CC(C)(C)c1ccc(C2=C3C(=O)N(c4ccc(Br)cc4)C(c4ccc(C(C)(C)C)cc4)=C3C(=O)N2c2ccc(Br)cc2)cc1. The van der Waals surface area contributed by atoms with E-state index in [1.807, 2.05) is 72.8 Å². The van der Waals surface area contributed by atoms with Crippen LogP contribution in [-0.4, -0.2) is 11.8 Å². The zero-order valence-electron chi connectivity index (χ0n) is 25.7. The summed E-state index contributed by atoms with van der Waals surface area (Å²) in [6, 6.07) is 31.7. The van der Waals surface area contributed by atoms with Crippen molar-refractivity contribution in [2.45, 2.75) is 52.4 Å². The largest absolute Gasteiger partial charge is 0.275 e. The smallest absolute Gasteiger partial charge is 0.265 e. The highest BCUT2D eigenvalue weighted by atomic mass is 79.9. The van der Waals surface area contributed by atoms with Crippen molar-refractivity contribution in [1.82, 2.24) is 0 Å². The Morgan fingerprint density at radius 3 is 1.02 bits per heavy atom. The second-order valence-electron chi connectivity index (χ2n) is 13.3. The van der Waals surface area contributed by atoms with Crippen LogP contribution in [0.15, 0.2) is 117 Å². The van der Waals surface area contributed by atoms with Gasteiger partial charge in [0.15, 0.2) is 0 Å². The quantitative estimate of drug-likeness (QED) is 0.212. The van der Waals surface area contributed by atoms with Gasteiger partial charge in [-0.15, -0.1) is 0 Å². The number of carbonyl (C=O) groups is 2. The summed E-state index contributed by atoms with van der Waals surface area (Å²) < 4.78 is 1.82.